The van der Waals surface area contributed by atoms with E-state index >= 15 is 0 Å². The molecule has 1 atom stereocenters. The number of nitrogens with zero attached hydrogens (tertiary/aromatic N) is 1. The highest BCUT2D eigenvalue weighted by Gasteiger charge is 2.41. The molecule has 0 saturated carbocycles. The number of anilines is 1. The lowest BCUT2D eigenvalue weighted by molar-refractivity contribution is -0.384. The molecule has 2 rings (SSSR count). The van der Waals surface area contributed by atoms with Gasteiger partial charge in [0.25, 0.3) is 5.69 Å². The number of non-ortho nitro benzene ring substituents is 1. The molecule has 158 valence electrons. The summed E-state index contributed by atoms with van der Waals surface area (Å²) in [7, 11) is -2.25. The number of nitro benzene ring substituents is 1. The first-order valence-electron chi connectivity index (χ1n) is 9.26. The number of methoxy groups -OCH3 is 1. The average Bonchev–Trinajstić information content (AvgIpc) is 2.65. The molecule has 9 heteroatoms. The van der Waals surface area contributed by atoms with Gasteiger partial charge in [-0.3, -0.25) is 14.7 Å². The zero-order valence-electron chi connectivity index (χ0n) is 17.2. The first kappa shape index (κ1) is 22.9. The van der Waals surface area contributed by atoms with Crippen LogP contribution in [0.2, 0.25) is 0 Å². The number of para-hydroxylation sites is 1. The Balaban J connectivity index is 2.59. The molecule has 0 heterocycles. The van der Waals surface area contributed by atoms with E-state index < -0.39 is 18.3 Å². The summed E-state index contributed by atoms with van der Waals surface area (Å²) in [6.07, 6.45) is -0.743. The Morgan fingerprint density at radius 3 is 2.17 bits per heavy atom. The Kier molecular flexibility index (Phi) is 7.79. The van der Waals surface area contributed by atoms with Gasteiger partial charge in [0, 0.05) is 23.4 Å². The summed E-state index contributed by atoms with van der Waals surface area (Å²) < 4.78 is 31.0. The van der Waals surface area contributed by atoms with E-state index in [2.05, 4.69) is 5.32 Å². The van der Waals surface area contributed by atoms with Crippen molar-refractivity contribution in [1.82, 2.24) is 0 Å². The number of rotatable bonds is 10. The van der Waals surface area contributed by atoms with E-state index in [1.807, 2.05) is 0 Å². The lowest BCUT2D eigenvalue weighted by Crippen LogP contribution is -2.19. The van der Waals surface area contributed by atoms with Crippen molar-refractivity contribution in [1.29, 1.82) is 0 Å². The first-order chi connectivity index (χ1) is 13.7. The maximum absolute atomic E-state index is 13.9. The lowest BCUT2D eigenvalue weighted by atomic mass is 10.2. The van der Waals surface area contributed by atoms with Crippen LogP contribution in [0, 0.1) is 10.1 Å². The van der Waals surface area contributed by atoms with Gasteiger partial charge in [0.1, 0.15) is 5.75 Å². The van der Waals surface area contributed by atoms with E-state index in [1.165, 1.54) is 19.2 Å². The zero-order chi connectivity index (χ0) is 21.6. The van der Waals surface area contributed by atoms with Crippen LogP contribution >= 0.6 is 7.60 Å². The van der Waals surface area contributed by atoms with E-state index in [4.69, 9.17) is 13.8 Å². The highest BCUT2D eigenvalue weighted by Crippen LogP contribution is 2.63. The number of hydrogen-bond donors (Lipinski definition) is 1. The van der Waals surface area contributed by atoms with Crippen LogP contribution in [0.1, 0.15) is 39.0 Å². The fourth-order valence-electron chi connectivity index (χ4n) is 2.82. The first-order valence-corrected chi connectivity index (χ1v) is 10.9. The van der Waals surface area contributed by atoms with Crippen LogP contribution in [-0.4, -0.2) is 24.2 Å². The summed E-state index contributed by atoms with van der Waals surface area (Å²) in [5.41, 5.74) is 0.888. The Morgan fingerprint density at radius 1 is 1.00 bits per heavy atom. The molecule has 0 aliphatic rings. The Morgan fingerprint density at radius 2 is 1.62 bits per heavy atom. The molecule has 1 N–H and O–H groups in total. The molecular weight excluding hydrogens is 395 g/mol. The van der Waals surface area contributed by atoms with Gasteiger partial charge >= 0.3 is 7.60 Å². The van der Waals surface area contributed by atoms with Crippen LogP contribution < -0.4 is 10.1 Å². The minimum Gasteiger partial charge on any atom is -0.496 e. The van der Waals surface area contributed by atoms with Crippen molar-refractivity contribution in [3.8, 4) is 5.75 Å². The lowest BCUT2D eigenvalue weighted by Gasteiger charge is -2.31. The smallest absolute Gasteiger partial charge is 0.357 e. The monoisotopic (exact) mass is 422 g/mol. The second kappa shape index (κ2) is 9.87. The molecule has 2 aromatic rings. The van der Waals surface area contributed by atoms with Gasteiger partial charge in [0.15, 0.2) is 5.78 Å². The molecule has 0 amide bonds. The van der Waals surface area contributed by atoms with Crippen molar-refractivity contribution < 1.29 is 23.3 Å². The van der Waals surface area contributed by atoms with Crippen molar-refractivity contribution in [3.63, 3.8) is 0 Å². The summed E-state index contributed by atoms with van der Waals surface area (Å²) in [5.74, 6) is -0.444. The van der Waals surface area contributed by atoms with Gasteiger partial charge in [-0.05, 0) is 39.8 Å². The minimum atomic E-state index is -3.77. The standard InChI is InChI=1S/C20H27N2O6P/c1-14(2)27-29(25,28-15(3)4)20(18-11-6-7-12-19(18)26-5)21-16-9-8-10-17(13-16)22(23)24/h6-15,20-21H,1-5H3. The van der Waals surface area contributed by atoms with Crippen molar-refractivity contribution in [2.45, 2.75) is 45.7 Å². The second-order valence-corrected chi connectivity index (χ2v) is 8.96. The fourth-order valence-corrected chi connectivity index (χ4v) is 5.15. The van der Waals surface area contributed by atoms with E-state index in [0.717, 1.165) is 0 Å². The third-order valence-electron chi connectivity index (χ3n) is 3.83. The predicted octanol–water partition coefficient (Wildman–Crippen LogP) is 5.76. The fraction of sp³-hybridized carbons (Fsp3) is 0.400. The maximum atomic E-state index is 13.9. The van der Waals surface area contributed by atoms with Crippen molar-refractivity contribution in [2.75, 3.05) is 12.4 Å². The van der Waals surface area contributed by atoms with Gasteiger partial charge < -0.3 is 19.1 Å². The number of nitrogens with one attached hydrogen (secondary N) is 1. The third-order valence-corrected chi connectivity index (χ3v) is 6.30. The van der Waals surface area contributed by atoms with Gasteiger partial charge in [0.2, 0.25) is 0 Å². The molecule has 0 aliphatic heterocycles. The summed E-state index contributed by atoms with van der Waals surface area (Å²) in [4.78, 5) is 10.7. The SMILES string of the molecule is COc1ccccc1C(Nc1cccc([N+](=O)[O-])c1)P(=O)(OC(C)C)OC(C)C. The van der Waals surface area contributed by atoms with Crippen LogP contribution in [-0.2, 0) is 13.6 Å². The molecule has 2 aromatic carbocycles. The molecule has 0 fully saturated rings. The van der Waals surface area contributed by atoms with Gasteiger partial charge in [0.05, 0.1) is 24.2 Å². The van der Waals surface area contributed by atoms with Crippen molar-refractivity contribution >= 4 is 19.0 Å². The van der Waals surface area contributed by atoms with Crippen molar-refractivity contribution in [2.24, 2.45) is 0 Å². The van der Waals surface area contributed by atoms with Gasteiger partial charge in [-0.25, -0.2) is 0 Å². The molecule has 29 heavy (non-hydrogen) atoms. The predicted molar refractivity (Wildman–Crippen MR) is 113 cm³/mol. The second-order valence-electron chi connectivity index (χ2n) is 6.94. The van der Waals surface area contributed by atoms with Crippen LogP contribution in [0.25, 0.3) is 0 Å². The minimum absolute atomic E-state index is 0.0850. The van der Waals surface area contributed by atoms with Crippen LogP contribution in [0.5, 0.6) is 5.75 Å². The van der Waals surface area contributed by atoms with Crippen LogP contribution in [0.3, 0.4) is 0 Å². The summed E-state index contributed by atoms with van der Waals surface area (Å²) >= 11 is 0. The third kappa shape index (κ3) is 6.03. The van der Waals surface area contributed by atoms with E-state index in [-0.39, 0.29) is 17.9 Å². The quantitative estimate of drug-likeness (QED) is 0.295. The molecule has 0 bridgehead atoms. The Labute approximate surface area is 170 Å². The van der Waals surface area contributed by atoms with Gasteiger partial charge in [-0.2, -0.15) is 0 Å². The number of hydrogen-bond acceptors (Lipinski definition) is 7. The number of benzene rings is 2. The largest absolute Gasteiger partial charge is 0.496 e. The summed E-state index contributed by atoms with van der Waals surface area (Å²) in [6.45, 7) is 7.07. The number of ether oxygens (including phenoxy) is 1. The topological polar surface area (TPSA) is 99.9 Å². The molecule has 8 nitrogen and oxygen atoms in total. The summed E-state index contributed by atoms with van der Waals surface area (Å²) in [6, 6.07) is 13.1. The molecule has 0 aliphatic carbocycles. The highest BCUT2D eigenvalue weighted by molar-refractivity contribution is 7.54. The van der Waals surface area contributed by atoms with Gasteiger partial charge in [-0.15, -0.1) is 0 Å². The molecule has 0 saturated heterocycles. The number of nitro groups is 1. The molecule has 0 spiro atoms. The molecule has 0 aromatic heterocycles. The maximum Gasteiger partial charge on any atom is 0.357 e. The molecule has 1 unspecified atom stereocenters. The Bertz CT molecular complexity index is 873. The van der Waals surface area contributed by atoms with E-state index in [9.17, 15) is 14.7 Å². The molecular formula is C20H27N2O6P. The summed E-state index contributed by atoms with van der Waals surface area (Å²) in [5, 5.41) is 14.3. The normalized spacial score (nSPS) is 12.8. The Hall–Kier alpha value is -2.41. The van der Waals surface area contributed by atoms with Gasteiger partial charge in [-0.1, -0.05) is 24.3 Å². The highest BCUT2D eigenvalue weighted by atomic mass is 31.2. The van der Waals surface area contributed by atoms with Crippen molar-refractivity contribution in [3.05, 3.63) is 64.2 Å². The van der Waals surface area contributed by atoms with Crippen LogP contribution in [0.15, 0.2) is 48.5 Å². The van der Waals surface area contributed by atoms with Crippen LogP contribution in [0.4, 0.5) is 11.4 Å². The van der Waals surface area contributed by atoms with E-state index in [0.29, 0.717) is 17.0 Å². The average molecular weight is 422 g/mol. The van der Waals surface area contributed by atoms with E-state index in [1.54, 1.807) is 64.1 Å². The zero-order valence-corrected chi connectivity index (χ0v) is 18.1. The molecule has 0 radical (unpaired) electrons.